The third-order valence-corrected chi connectivity index (χ3v) is 7.49. The van der Waals surface area contributed by atoms with Crippen molar-refractivity contribution >= 4 is 17.2 Å². The number of aliphatic hydroxyl groups is 1. The Morgan fingerprint density at radius 1 is 1.15 bits per heavy atom. The van der Waals surface area contributed by atoms with E-state index >= 15 is 0 Å². The standard InChI is InChI=1S/C29H29ClN2O2/c30-24-10-8-23(9-11-24)29(33)13-16-32(17-14-29)15-3-6-26-25-5-2-1-4-22(25)20-34-28-12-7-21(19-31)18-27(26)28/h1-2,4-12,21,33H,3,13-18,20H2. The Labute approximate surface area is 206 Å². The van der Waals surface area contributed by atoms with Crippen LogP contribution in [0.3, 0.4) is 0 Å². The zero-order valence-corrected chi connectivity index (χ0v) is 20.0. The van der Waals surface area contributed by atoms with Gasteiger partial charge in [0, 0.05) is 30.2 Å². The first kappa shape index (κ1) is 22.9. The predicted octanol–water partition coefficient (Wildman–Crippen LogP) is 5.98. The highest BCUT2D eigenvalue weighted by Gasteiger charge is 2.33. The van der Waals surface area contributed by atoms with E-state index in [0.29, 0.717) is 30.9 Å². The van der Waals surface area contributed by atoms with Crippen molar-refractivity contribution in [3.05, 3.63) is 99.8 Å². The minimum absolute atomic E-state index is 0.122. The summed E-state index contributed by atoms with van der Waals surface area (Å²) in [6.07, 6.45) is 9.24. The number of hydrogen-bond acceptors (Lipinski definition) is 4. The average molecular weight is 473 g/mol. The van der Waals surface area contributed by atoms with Crippen LogP contribution in [0.4, 0.5) is 0 Å². The molecule has 174 valence electrons. The van der Waals surface area contributed by atoms with Crippen LogP contribution in [-0.4, -0.2) is 29.6 Å². The molecule has 2 aliphatic heterocycles. The quantitative estimate of drug-likeness (QED) is 0.594. The second-order valence-electron chi connectivity index (χ2n) is 9.37. The molecule has 0 saturated carbocycles. The molecule has 1 N–H and O–H groups in total. The van der Waals surface area contributed by atoms with Gasteiger partial charge in [0.05, 0.1) is 17.6 Å². The van der Waals surface area contributed by atoms with E-state index in [1.165, 1.54) is 16.7 Å². The summed E-state index contributed by atoms with van der Waals surface area (Å²) in [5.74, 6) is 0.767. The number of ether oxygens (including phenoxy) is 1. The van der Waals surface area contributed by atoms with Gasteiger partial charge in [0.1, 0.15) is 12.4 Å². The summed E-state index contributed by atoms with van der Waals surface area (Å²) < 4.78 is 6.12. The molecule has 4 nitrogen and oxygen atoms in total. The van der Waals surface area contributed by atoms with E-state index in [0.717, 1.165) is 43.0 Å². The molecule has 5 rings (SSSR count). The Morgan fingerprint density at radius 3 is 2.68 bits per heavy atom. The predicted molar refractivity (Wildman–Crippen MR) is 135 cm³/mol. The molecule has 5 heteroatoms. The molecule has 1 aliphatic carbocycles. The van der Waals surface area contributed by atoms with Crippen LogP contribution in [0.1, 0.15) is 42.4 Å². The Bertz CT molecular complexity index is 1180. The monoisotopic (exact) mass is 472 g/mol. The molecule has 2 heterocycles. The van der Waals surface area contributed by atoms with Crippen molar-refractivity contribution in [2.75, 3.05) is 19.6 Å². The second-order valence-corrected chi connectivity index (χ2v) is 9.81. The van der Waals surface area contributed by atoms with Gasteiger partial charge in [-0.15, -0.1) is 0 Å². The van der Waals surface area contributed by atoms with E-state index in [-0.39, 0.29) is 5.92 Å². The first-order valence-electron chi connectivity index (χ1n) is 12.0. The SMILES string of the molecule is N#CC1C=CC2=C(C1)C(=CCCN1CCC(O)(c3ccc(Cl)cc3)CC1)c1ccccc1CO2. The summed E-state index contributed by atoms with van der Waals surface area (Å²) in [7, 11) is 0. The smallest absolute Gasteiger partial charge is 0.123 e. The van der Waals surface area contributed by atoms with Crippen molar-refractivity contribution < 1.29 is 9.84 Å². The number of nitrogens with zero attached hydrogens (tertiary/aromatic N) is 2. The summed E-state index contributed by atoms with van der Waals surface area (Å²) in [5.41, 5.74) is 4.88. The number of rotatable bonds is 4. The lowest BCUT2D eigenvalue weighted by atomic mass is 9.84. The molecular weight excluding hydrogens is 444 g/mol. The first-order valence-corrected chi connectivity index (χ1v) is 12.4. The summed E-state index contributed by atoms with van der Waals surface area (Å²) >= 11 is 6.02. The summed E-state index contributed by atoms with van der Waals surface area (Å²) in [6, 6.07) is 18.4. The van der Waals surface area contributed by atoms with Crippen molar-refractivity contribution in [1.29, 1.82) is 5.26 Å². The lowest BCUT2D eigenvalue weighted by Crippen LogP contribution is -2.42. The number of hydrogen-bond donors (Lipinski definition) is 1. The molecule has 1 saturated heterocycles. The molecule has 0 aromatic heterocycles. The molecule has 1 fully saturated rings. The minimum Gasteiger partial charge on any atom is -0.489 e. The molecule has 0 amide bonds. The van der Waals surface area contributed by atoms with Gasteiger partial charge in [-0.1, -0.05) is 60.2 Å². The molecule has 1 unspecified atom stereocenters. The Kier molecular flexibility index (Phi) is 6.61. The molecule has 2 aromatic carbocycles. The van der Waals surface area contributed by atoms with Gasteiger partial charge >= 0.3 is 0 Å². The fourth-order valence-electron chi connectivity index (χ4n) is 5.21. The summed E-state index contributed by atoms with van der Waals surface area (Å²) in [4.78, 5) is 2.43. The topological polar surface area (TPSA) is 56.5 Å². The molecule has 2 aromatic rings. The highest BCUT2D eigenvalue weighted by atomic mass is 35.5. The van der Waals surface area contributed by atoms with Crippen LogP contribution in [0.25, 0.3) is 5.57 Å². The summed E-state index contributed by atoms with van der Waals surface area (Å²) in [6.45, 7) is 3.19. The van der Waals surface area contributed by atoms with Crippen LogP contribution >= 0.6 is 11.6 Å². The molecular formula is C29H29ClN2O2. The van der Waals surface area contributed by atoms with E-state index in [2.05, 4.69) is 35.2 Å². The van der Waals surface area contributed by atoms with Crippen LogP contribution < -0.4 is 0 Å². The molecule has 0 radical (unpaired) electrons. The molecule has 0 spiro atoms. The van der Waals surface area contributed by atoms with Crippen molar-refractivity contribution in [2.45, 2.75) is 37.9 Å². The maximum atomic E-state index is 11.2. The lowest BCUT2D eigenvalue weighted by molar-refractivity contribution is -0.0254. The van der Waals surface area contributed by atoms with Crippen molar-refractivity contribution in [2.24, 2.45) is 5.92 Å². The fraction of sp³-hybridized carbons (Fsp3) is 0.345. The molecule has 1 atom stereocenters. The normalized spacial score (nSPS) is 23.0. The van der Waals surface area contributed by atoms with Crippen molar-refractivity contribution in [3.63, 3.8) is 0 Å². The number of piperidine rings is 1. The lowest BCUT2D eigenvalue weighted by Gasteiger charge is -2.38. The van der Waals surface area contributed by atoms with Gasteiger partial charge in [-0.3, -0.25) is 0 Å². The largest absolute Gasteiger partial charge is 0.489 e. The minimum atomic E-state index is -0.780. The Hall–Kier alpha value is -2.84. The third-order valence-electron chi connectivity index (χ3n) is 7.24. The maximum Gasteiger partial charge on any atom is 0.123 e. The van der Waals surface area contributed by atoms with Gasteiger partial charge in [-0.25, -0.2) is 0 Å². The zero-order valence-electron chi connectivity index (χ0n) is 19.2. The Morgan fingerprint density at radius 2 is 1.91 bits per heavy atom. The van der Waals surface area contributed by atoms with Crippen LogP contribution in [0.2, 0.25) is 5.02 Å². The van der Waals surface area contributed by atoms with E-state index in [4.69, 9.17) is 16.3 Å². The van der Waals surface area contributed by atoms with Crippen LogP contribution in [0.15, 0.2) is 78.1 Å². The molecule has 34 heavy (non-hydrogen) atoms. The number of fused-ring (bicyclic) bond motifs is 1. The molecule has 0 bridgehead atoms. The van der Waals surface area contributed by atoms with Gasteiger partial charge in [-0.05, 0) is 66.2 Å². The number of benzene rings is 2. The molecule has 3 aliphatic rings. The first-order chi connectivity index (χ1) is 16.6. The van der Waals surface area contributed by atoms with Gasteiger partial charge in [0.25, 0.3) is 0 Å². The maximum absolute atomic E-state index is 11.2. The number of halogens is 1. The number of nitriles is 1. The third kappa shape index (κ3) is 4.70. The Balaban J connectivity index is 1.30. The van der Waals surface area contributed by atoms with Gasteiger partial charge in [0.2, 0.25) is 0 Å². The van der Waals surface area contributed by atoms with Crippen molar-refractivity contribution in [3.8, 4) is 6.07 Å². The van der Waals surface area contributed by atoms with Gasteiger partial charge < -0.3 is 14.7 Å². The average Bonchev–Trinajstić information content (AvgIpc) is 3.02. The van der Waals surface area contributed by atoms with Crippen LogP contribution in [-0.2, 0) is 16.9 Å². The van der Waals surface area contributed by atoms with E-state index in [1.54, 1.807) is 0 Å². The van der Waals surface area contributed by atoms with Crippen LogP contribution in [0.5, 0.6) is 0 Å². The van der Waals surface area contributed by atoms with Gasteiger partial charge in [-0.2, -0.15) is 5.26 Å². The summed E-state index contributed by atoms with van der Waals surface area (Å²) in [5, 5.41) is 21.4. The van der Waals surface area contributed by atoms with Gasteiger partial charge in [0.15, 0.2) is 0 Å². The zero-order chi connectivity index (χ0) is 23.5. The van der Waals surface area contributed by atoms with Crippen LogP contribution in [0, 0.1) is 17.2 Å². The highest BCUT2D eigenvalue weighted by Crippen LogP contribution is 2.39. The fourth-order valence-corrected chi connectivity index (χ4v) is 5.33. The van der Waals surface area contributed by atoms with E-state index in [1.807, 2.05) is 42.5 Å². The highest BCUT2D eigenvalue weighted by molar-refractivity contribution is 6.30. The van der Waals surface area contributed by atoms with Crippen molar-refractivity contribution in [1.82, 2.24) is 4.90 Å². The van der Waals surface area contributed by atoms with E-state index in [9.17, 15) is 10.4 Å². The number of allylic oxidation sites excluding steroid dienone is 4. The van der Waals surface area contributed by atoms with E-state index < -0.39 is 5.60 Å². The number of likely N-dealkylation sites (tertiary alicyclic amines) is 1. The second kappa shape index (κ2) is 9.80.